The van der Waals surface area contributed by atoms with Gasteiger partial charge >= 0.3 is 0 Å². The minimum Gasteiger partial charge on any atom is -0.327 e. The first kappa shape index (κ1) is 12.2. The second-order valence-corrected chi connectivity index (χ2v) is 4.54. The van der Waals surface area contributed by atoms with Gasteiger partial charge < -0.3 is 5.73 Å². The van der Waals surface area contributed by atoms with E-state index >= 15 is 0 Å². The van der Waals surface area contributed by atoms with Gasteiger partial charge in [-0.3, -0.25) is 4.98 Å². The van der Waals surface area contributed by atoms with Crippen LogP contribution in [0.2, 0.25) is 0 Å². The number of nitrogens with two attached hydrogens (primary N) is 1. The molecule has 0 aliphatic heterocycles. The van der Waals surface area contributed by atoms with Crippen LogP contribution in [-0.4, -0.2) is 11.0 Å². The Morgan fingerprint density at radius 2 is 2.13 bits per heavy atom. The molecule has 0 bridgehead atoms. The van der Waals surface area contributed by atoms with Crippen molar-refractivity contribution in [1.82, 2.24) is 4.98 Å². The fraction of sp³-hybridized carbons (Fsp3) is 0.615. The lowest BCUT2D eigenvalue weighted by Crippen LogP contribution is -2.25. The highest BCUT2D eigenvalue weighted by Crippen LogP contribution is 2.11. The zero-order valence-electron chi connectivity index (χ0n) is 10.0. The number of rotatable bonds is 5. The highest BCUT2D eigenvalue weighted by atomic mass is 14.7. The summed E-state index contributed by atoms with van der Waals surface area (Å²) in [5.74, 6) is 0.713. The van der Waals surface area contributed by atoms with Crippen molar-refractivity contribution in [3.8, 4) is 0 Å². The standard InChI is InChI=1S/C13H22N2/c1-4-10(2)7-12(14)8-13-6-5-11(3)9-15-13/h5-6,9-10,12H,4,7-8,14H2,1-3H3. The van der Waals surface area contributed by atoms with E-state index in [4.69, 9.17) is 5.73 Å². The largest absolute Gasteiger partial charge is 0.327 e. The van der Waals surface area contributed by atoms with Crippen molar-refractivity contribution >= 4 is 0 Å². The third-order valence-corrected chi connectivity index (χ3v) is 2.85. The molecule has 0 saturated carbocycles. The molecule has 0 aromatic carbocycles. The van der Waals surface area contributed by atoms with E-state index in [0.717, 1.165) is 18.5 Å². The third-order valence-electron chi connectivity index (χ3n) is 2.85. The average molecular weight is 206 g/mol. The summed E-state index contributed by atoms with van der Waals surface area (Å²) >= 11 is 0. The lowest BCUT2D eigenvalue weighted by molar-refractivity contribution is 0.448. The number of aromatic nitrogens is 1. The average Bonchev–Trinajstić information content (AvgIpc) is 2.21. The predicted octanol–water partition coefficient (Wildman–Crippen LogP) is 2.70. The fourth-order valence-electron chi connectivity index (χ4n) is 1.65. The SMILES string of the molecule is CCC(C)CC(N)Cc1ccc(C)cn1. The van der Waals surface area contributed by atoms with Gasteiger partial charge in [-0.05, 0) is 30.9 Å². The van der Waals surface area contributed by atoms with Crippen molar-refractivity contribution < 1.29 is 0 Å². The van der Waals surface area contributed by atoms with Crippen LogP contribution in [-0.2, 0) is 6.42 Å². The molecule has 2 N–H and O–H groups in total. The highest BCUT2D eigenvalue weighted by Gasteiger charge is 2.08. The maximum Gasteiger partial charge on any atom is 0.0419 e. The lowest BCUT2D eigenvalue weighted by atomic mass is 9.97. The number of hydrogen-bond acceptors (Lipinski definition) is 2. The van der Waals surface area contributed by atoms with Crippen LogP contribution in [0, 0.1) is 12.8 Å². The van der Waals surface area contributed by atoms with E-state index < -0.39 is 0 Å². The van der Waals surface area contributed by atoms with Gasteiger partial charge in [-0.2, -0.15) is 0 Å². The summed E-state index contributed by atoms with van der Waals surface area (Å²) < 4.78 is 0. The second-order valence-electron chi connectivity index (χ2n) is 4.54. The minimum atomic E-state index is 0.246. The molecular weight excluding hydrogens is 184 g/mol. The molecule has 0 saturated heterocycles. The number of aryl methyl sites for hydroxylation is 1. The molecular formula is C13H22N2. The maximum absolute atomic E-state index is 6.08. The molecule has 0 aliphatic rings. The van der Waals surface area contributed by atoms with E-state index in [9.17, 15) is 0 Å². The van der Waals surface area contributed by atoms with Gasteiger partial charge in [0.05, 0.1) is 0 Å². The molecule has 2 unspecified atom stereocenters. The summed E-state index contributed by atoms with van der Waals surface area (Å²) in [5, 5.41) is 0. The van der Waals surface area contributed by atoms with Crippen LogP contribution in [0.25, 0.3) is 0 Å². The molecule has 2 nitrogen and oxygen atoms in total. The smallest absolute Gasteiger partial charge is 0.0419 e. The van der Waals surface area contributed by atoms with Crippen LogP contribution < -0.4 is 5.73 Å². The summed E-state index contributed by atoms with van der Waals surface area (Å²) in [5.41, 5.74) is 8.39. The van der Waals surface area contributed by atoms with Crippen LogP contribution in [0.4, 0.5) is 0 Å². The van der Waals surface area contributed by atoms with Crippen molar-refractivity contribution in [2.45, 2.75) is 46.1 Å². The first-order valence-corrected chi connectivity index (χ1v) is 5.79. The highest BCUT2D eigenvalue weighted by molar-refractivity contribution is 5.12. The summed E-state index contributed by atoms with van der Waals surface area (Å²) in [6.45, 7) is 6.51. The van der Waals surface area contributed by atoms with E-state index in [1.54, 1.807) is 0 Å². The Bertz CT molecular complexity index is 279. The quantitative estimate of drug-likeness (QED) is 0.804. The molecule has 1 heterocycles. The van der Waals surface area contributed by atoms with E-state index in [2.05, 4.69) is 37.9 Å². The number of nitrogens with zero attached hydrogens (tertiary/aromatic N) is 1. The Morgan fingerprint density at radius 1 is 1.40 bits per heavy atom. The maximum atomic E-state index is 6.08. The molecule has 84 valence electrons. The summed E-state index contributed by atoms with van der Waals surface area (Å²) in [7, 11) is 0. The van der Waals surface area contributed by atoms with Gasteiger partial charge in [-0.1, -0.05) is 26.3 Å². The fourth-order valence-corrected chi connectivity index (χ4v) is 1.65. The zero-order chi connectivity index (χ0) is 11.3. The van der Waals surface area contributed by atoms with E-state index in [1.807, 2.05) is 6.20 Å². The van der Waals surface area contributed by atoms with Gasteiger partial charge in [0.2, 0.25) is 0 Å². The molecule has 0 aliphatic carbocycles. The van der Waals surface area contributed by atoms with Crippen LogP contribution in [0.3, 0.4) is 0 Å². The summed E-state index contributed by atoms with van der Waals surface area (Å²) in [6, 6.07) is 4.42. The van der Waals surface area contributed by atoms with Crippen molar-refractivity contribution in [1.29, 1.82) is 0 Å². The molecule has 1 aromatic heterocycles. The second kappa shape index (κ2) is 5.86. The topological polar surface area (TPSA) is 38.9 Å². The molecule has 0 radical (unpaired) electrons. The van der Waals surface area contributed by atoms with Gasteiger partial charge in [0, 0.05) is 24.4 Å². The Labute approximate surface area is 92.9 Å². The molecule has 2 atom stereocenters. The van der Waals surface area contributed by atoms with Crippen LogP contribution in [0.15, 0.2) is 18.3 Å². The molecule has 0 spiro atoms. The van der Waals surface area contributed by atoms with Gasteiger partial charge in [0.15, 0.2) is 0 Å². The number of pyridine rings is 1. The van der Waals surface area contributed by atoms with Crippen LogP contribution in [0.5, 0.6) is 0 Å². The Morgan fingerprint density at radius 3 is 2.67 bits per heavy atom. The Kier molecular flexibility index (Phi) is 4.76. The summed E-state index contributed by atoms with van der Waals surface area (Å²) in [4.78, 5) is 4.37. The molecule has 1 rings (SSSR count). The lowest BCUT2D eigenvalue weighted by Gasteiger charge is -2.15. The minimum absolute atomic E-state index is 0.246. The third kappa shape index (κ3) is 4.43. The Balaban J connectivity index is 2.44. The molecule has 0 amide bonds. The van der Waals surface area contributed by atoms with Gasteiger partial charge in [-0.25, -0.2) is 0 Å². The normalized spacial score (nSPS) is 14.9. The van der Waals surface area contributed by atoms with Crippen LogP contribution in [0.1, 0.15) is 37.9 Å². The zero-order valence-corrected chi connectivity index (χ0v) is 10.0. The number of hydrogen-bond donors (Lipinski definition) is 1. The van der Waals surface area contributed by atoms with Crippen molar-refractivity contribution in [3.05, 3.63) is 29.6 Å². The van der Waals surface area contributed by atoms with E-state index in [1.165, 1.54) is 12.0 Å². The van der Waals surface area contributed by atoms with Crippen molar-refractivity contribution in [3.63, 3.8) is 0 Å². The summed E-state index contributed by atoms with van der Waals surface area (Å²) in [6.07, 6.45) is 5.09. The van der Waals surface area contributed by atoms with E-state index in [0.29, 0.717) is 5.92 Å². The molecule has 15 heavy (non-hydrogen) atoms. The van der Waals surface area contributed by atoms with E-state index in [-0.39, 0.29) is 6.04 Å². The molecule has 2 heteroatoms. The van der Waals surface area contributed by atoms with Gasteiger partial charge in [0.1, 0.15) is 0 Å². The van der Waals surface area contributed by atoms with Gasteiger partial charge in [0.25, 0.3) is 0 Å². The molecule has 1 aromatic rings. The van der Waals surface area contributed by atoms with Gasteiger partial charge in [-0.15, -0.1) is 0 Å². The van der Waals surface area contributed by atoms with Crippen molar-refractivity contribution in [2.75, 3.05) is 0 Å². The first-order chi connectivity index (χ1) is 7.11. The van der Waals surface area contributed by atoms with Crippen molar-refractivity contribution in [2.24, 2.45) is 11.7 Å². The first-order valence-electron chi connectivity index (χ1n) is 5.79. The monoisotopic (exact) mass is 206 g/mol. The molecule has 0 fully saturated rings. The predicted molar refractivity (Wildman–Crippen MR) is 64.7 cm³/mol. The van der Waals surface area contributed by atoms with Crippen LogP contribution >= 0.6 is 0 Å². The Hall–Kier alpha value is -0.890.